The molecule has 178 valence electrons. The number of halogens is 1. The lowest BCUT2D eigenvalue weighted by Gasteiger charge is -2.37. The van der Waals surface area contributed by atoms with Crippen LogP contribution < -0.4 is 10.2 Å². The number of esters is 1. The molecule has 0 bridgehead atoms. The zero-order valence-corrected chi connectivity index (χ0v) is 21.1. The molecule has 0 radical (unpaired) electrons. The summed E-state index contributed by atoms with van der Waals surface area (Å²) in [5.74, 6) is -0.800. The van der Waals surface area contributed by atoms with Gasteiger partial charge in [-0.3, -0.25) is 4.79 Å². The van der Waals surface area contributed by atoms with Crippen LogP contribution in [0.3, 0.4) is 0 Å². The standard InChI is InChI=1S/C28H31ClN2O3/c1-16(2)34-28(33)25-17(3)30-23-14-20(18-9-11-22(12-10-18)31(4)5)15-24(32)27(23)26(25)19-7-6-8-21(29)13-19/h6-13,16,20,26,30H,14-15H2,1-5H3/t20-,26+/m0/s1. The number of dihydropyridines is 1. The molecule has 4 rings (SSSR count). The summed E-state index contributed by atoms with van der Waals surface area (Å²) < 4.78 is 5.57. The molecule has 2 aromatic carbocycles. The van der Waals surface area contributed by atoms with E-state index in [4.69, 9.17) is 16.3 Å². The van der Waals surface area contributed by atoms with Gasteiger partial charge in [-0.25, -0.2) is 4.79 Å². The summed E-state index contributed by atoms with van der Waals surface area (Å²) in [6, 6.07) is 15.8. The fourth-order valence-electron chi connectivity index (χ4n) is 4.89. The second kappa shape index (κ2) is 9.67. The smallest absolute Gasteiger partial charge is 0.337 e. The summed E-state index contributed by atoms with van der Waals surface area (Å²) in [6.07, 6.45) is 0.827. The number of carbonyl (C=O) groups excluding carboxylic acids is 2. The van der Waals surface area contributed by atoms with Gasteiger partial charge in [-0.1, -0.05) is 35.9 Å². The van der Waals surface area contributed by atoms with Gasteiger partial charge in [0.15, 0.2) is 5.78 Å². The van der Waals surface area contributed by atoms with Crippen LogP contribution in [0, 0.1) is 0 Å². The molecule has 0 amide bonds. The first kappa shape index (κ1) is 24.1. The van der Waals surface area contributed by atoms with Crippen LogP contribution in [0.1, 0.15) is 56.6 Å². The molecule has 0 saturated carbocycles. The normalized spacial score (nSPS) is 20.3. The van der Waals surface area contributed by atoms with Gasteiger partial charge in [-0.15, -0.1) is 0 Å². The highest BCUT2D eigenvalue weighted by molar-refractivity contribution is 6.30. The first-order chi connectivity index (χ1) is 16.2. The van der Waals surface area contributed by atoms with Gasteiger partial charge in [0, 0.05) is 54.1 Å². The van der Waals surface area contributed by atoms with Crippen LogP contribution in [-0.4, -0.2) is 32.0 Å². The summed E-state index contributed by atoms with van der Waals surface area (Å²) in [7, 11) is 4.02. The third-order valence-corrected chi connectivity index (χ3v) is 6.69. The molecule has 0 fully saturated rings. The van der Waals surface area contributed by atoms with E-state index in [1.54, 1.807) is 6.07 Å². The van der Waals surface area contributed by atoms with E-state index >= 15 is 0 Å². The minimum Gasteiger partial charge on any atom is -0.460 e. The topological polar surface area (TPSA) is 58.6 Å². The number of Topliss-reactive ketones (excluding diaryl/α,β-unsaturated/α-hetero) is 1. The molecule has 2 aliphatic rings. The second-order valence-corrected chi connectivity index (χ2v) is 9.95. The van der Waals surface area contributed by atoms with Crippen molar-refractivity contribution in [3.63, 3.8) is 0 Å². The van der Waals surface area contributed by atoms with Gasteiger partial charge in [-0.2, -0.15) is 0 Å². The van der Waals surface area contributed by atoms with E-state index in [1.807, 2.05) is 53.1 Å². The Morgan fingerprint density at radius 1 is 1.09 bits per heavy atom. The van der Waals surface area contributed by atoms with E-state index in [0.717, 1.165) is 22.5 Å². The number of allylic oxidation sites excluding steroid dienone is 3. The SMILES string of the molecule is CC1=C(C(=O)OC(C)C)[C@@H](c2cccc(Cl)c2)C2=C(C[C@H](c3ccc(N(C)C)cc3)CC2=O)N1. The predicted molar refractivity (Wildman–Crippen MR) is 136 cm³/mol. The summed E-state index contributed by atoms with van der Waals surface area (Å²) in [5.41, 5.74) is 5.78. The fraction of sp³-hybridized carbons (Fsp3) is 0.357. The van der Waals surface area contributed by atoms with Crippen molar-refractivity contribution in [2.45, 2.75) is 51.6 Å². The molecule has 2 aromatic rings. The zero-order valence-electron chi connectivity index (χ0n) is 20.3. The monoisotopic (exact) mass is 478 g/mol. The number of carbonyl (C=O) groups is 2. The highest BCUT2D eigenvalue weighted by Crippen LogP contribution is 2.46. The van der Waals surface area contributed by atoms with E-state index in [1.165, 1.54) is 0 Å². The Balaban J connectivity index is 1.75. The van der Waals surface area contributed by atoms with Gasteiger partial charge in [0.05, 0.1) is 11.7 Å². The minimum absolute atomic E-state index is 0.0442. The molecule has 1 aliphatic carbocycles. The lowest BCUT2D eigenvalue weighted by molar-refractivity contribution is -0.143. The molecule has 0 aromatic heterocycles. The number of nitrogens with one attached hydrogen (secondary N) is 1. The molecule has 5 nitrogen and oxygen atoms in total. The third-order valence-electron chi connectivity index (χ3n) is 6.45. The Hall–Kier alpha value is -3.05. The van der Waals surface area contributed by atoms with Crippen LogP contribution in [0.15, 0.2) is 71.1 Å². The minimum atomic E-state index is -0.509. The number of ketones is 1. The van der Waals surface area contributed by atoms with Crippen LogP contribution in [0.5, 0.6) is 0 Å². The molecular formula is C28H31ClN2O3. The van der Waals surface area contributed by atoms with Crippen LogP contribution >= 0.6 is 11.6 Å². The number of hydrogen-bond acceptors (Lipinski definition) is 5. The highest BCUT2D eigenvalue weighted by Gasteiger charge is 2.41. The van der Waals surface area contributed by atoms with Gasteiger partial charge < -0.3 is 15.0 Å². The predicted octanol–water partition coefficient (Wildman–Crippen LogP) is 5.72. The highest BCUT2D eigenvalue weighted by atomic mass is 35.5. The van der Waals surface area contributed by atoms with Crippen molar-refractivity contribution in [1.29, 1.82) is 0 Å². The molecule has 1 heterocycles. The number of anilines is 1. The zero-order chi connectivity index (χ0) is 24.6. The maximum absolute atomic E-state index is 13.6. The Morgan fingerprint density at radius 2 is 1.79 bits per heavy atom. The number of rotatable bonds is 5. The molecule has 0 saturated heterocycles. The van der Waals surface area contributed by atoms with Gasteiger partial charge in [0.1, 0.15) is 0 Å². The largest absolute Gasteiger partial charge is 0.460 e. The molecule has 2 atom stereocenters. The lowest BCUT2D eigenvalue weighted by Crippen LogP contribution is -2.36. The molecule has 1 N–H and O–H groups in total. The van der Waals surface area contributed by atoms with E-state index in [2.05, 4.69) is 34.5 Å². The Labute approximate surface area is 206 Å². The Morgan fingerprint density at radius 3 is 2.41 bits per heavy atom. The summed E-state index contributed by atoms with van der Waals surface area (Å²) in [6.45, 7) is 5.51. The van der Waals surface area contributed by atoms with Crippen LogP contribution in [0.4, 0.5) is 5.69 Å². The van der Waals surface area contributed by atoms with Crippen molar-refractivity contribution in [2.75, 3.05) is 19.0 Å². The second-order valence-electron chi connectivity index (χ2n) is 9.51. The van der Waals surface area contributed by atoms with Crippen molar-refractivity contribution < 1.29 is 14.3 Å². The number of hydrogen-bond donors (Lipinski definition) is 1. The summed E-state index contributed by atoms with van der Waals surface area (Å²) in [5, 5.41) is 3.96. The average Bonchev–Trinajstić information content (AvgIpc) is 2.77. The number of nitrogens with zero attached hydrogens (tertiary/aromatic N) is 1. The van der Waals surface area contributed by atoms with Crippen molar-refractivity contribution >= 4 is 29.0 Å². The molecule has 1 aliphatic heterocycles. The van der Waals surface area contributed by atoms with Gasteiger partial charge in [0.25, 0.3) is 0 Å². The van der Waals surface area contributed by atoms with E-state index in [9.17, 15) is 9.59 Å². The van der Waals surface area contributed by atoms with E-state index in [0.29, 0.717) is 34.7 Å². The first-order valence-electron chi connectivity index (χ1n) is 11.6. The molecule has 34 heavy (non-hydrogen) atoms. The van der Waals surface area contributed by atoms with Gasteiger partial charge >= 0.3 is 5.97 Å². The summed E-state index contributed by atoms with van der Waals surface area (Å²) >= 11 is 6.31. The van der Waals surface area contributed by atoms with Gasteiger partial charge in [0.2, 0.25) is 0 Å². The maximum Gasteiger partial charge on any atom is 0.337 e. The van der Waals surface area contributed by atoms with Crippen LogP contribution in [0.2, 0.25) is 5.02 Å². The molecule has 0 unspecified atom stereocenters. The molecular weight excluding hydrogens is 448 g/mol. The third kappa shape index (κ3) is 4.76. The molecule has 6 heteroatoms. The van der Waals surface area contributed by atoms with Crippen molar-refractivity contribution in [2.24, 2.45) is 0 Å². The van der Waals surface area contributed by atoms with Crippen LogP contribution in [0.25, 0.3) is 0 Å². The van der Waals surface area contributed by atoms with Crippen molar-refractivity contribution in [1.82, 2.24) is 5.32 Å². The Bertz CT molecular complexity index is 1180. The number of ether oxygens (including phenoxy) is 1. The van der Waals surface area contributed by atoms with Crippen molar-refractivity contribution in [3.05, 3.63) is 87.2 Å². The quantitative estimate of drug-likeness (QED) is 0.557. The maximum atomic E-state index is 13.6. The van der Waals surface area contributed by atoms with Gasteiger partial charge in [-0.05, 0) is 68.5 Å². The first-order valence-corrected chi connectivity index (χ1v) is 12.0. The van der Waals surface area contributed by atoms with E-state index < -0.39 is 11.9 Å². The van der Waals surface area contributed by atoms with Crippen LogP contribution in [-0.2, 0) is 14.3 Å². The van der Waals surface area contributed by atoms with Crippen molar-refractivity contribution in [3.8, 4) is 0 Å². The Kier molecular flexibility index (Phi) is 6.85. The molecule has 0 spiro atoms. The lowest BCUT2D eigenvalue weighted by atomic mass is 9.71. The average molecular weight is 479 g/mol. The summed E-state index contributed by atoms with van der Waals surface area (Å²) in [4.78, 5) is 28.8. The van der Waals surface area contributed by atoms with E-state index in [-0.39, 0.29) is 17.8 Å². The number of benzene rings is 2. The fourth-order valence-corrected chi connectivity index (χ4v) is 5.09.